The summed E-state index contributed by atoms with van der Waals surface area (Å²) in [4.78, 5) is 54.7. The number of amides is 2. The topological polar surface area (TPSA) is 155 Å². The molecule has 2 unspecified atom stereocenters. The van der Waals surface area contributed by atoms with E-state index < -0.39 is 30.0 Å². The normalized spacial score (nSPS) is 25.2. The molecule has 4 atom stereocenters. The highest BCUT2D eigenvalue weighted by Crippen LogP contribution is 2.46. The van der Waals surface area contributed by atoms with Gasteiger partial charge in [-0.05, 0) is 74.6 Å². The van der Waals surface area contributed by atoms with Gasteiger partial charge in [0.05, 0.1) is 46.3 Å². The standard InChI is InChI=1S/C44H48ClF2N11O4/c1-54-32-10-8-25(16-30(32)36-38(42(54)61)62-22-44(46,47)39(51-36)24-6-7-24)49-40-31(45)18-48-43(52-40)58-21-26-17-27(58)20-57(26)19-23-12-14-56(15-13-23)33-5-3-4-28-35(53-55(2)37(28)33)29-9-11-34(59)50-41(29)60/h3-5,8,10,16,18,23-24,26-27,29,39,51H,6-7,9,11-15,17,19-22H2,1-2H3,(H,48,49,52)(H,50,59,60)/t26-,27-,29?,39?/m1/s1. The van der Waals surface area contributed by atoms with Crippen LogP contribution in [0.2, 0.25) is 5.02 Å². The van der Waals surface area contributed by atoms with Gasteiger partial charge in [0.2, 0.25) is 23.5 Å². The zero-order valence-corrected chi connectivity index (χ0v) is 35.3. The third-order valence-corrected chi connectivity index (χ3v) is 14.4. The number of rotatable bonds is 8. The lowest BCUT2D eigenvalue weighted by Gasteiger charge is -2.39. The average Bonchev–Trinajstić information content (AvgIpc) is 3.81. The molecular weight excluding hydrogens is 820 g/mol. The molecule has 3 N–H and O–H groups in total. The number of aromatic nitrogens is 5. The lowest BCUT2D eigenvalue weighted by atomic mass is 9.92. The van der Waals surface area contributed by atoms with Gasteiger partial charge in [0.25, 0.3) is 5.56 Å². The monoisotopic (exact) mass is 867 g/mol. The number of anilines is 5. The predicted octanol–water partition coefficient (Wildman–Crippen LogP) is 5.53. The molecule has 0 radical (unpaired) electrons. The summed E-state index contributed by atoms with van der Waals surface area (Å²) in [5, 5.41) is 15.6. The second-order valence-electron chi connectivity index (χ2n) is 18.1. The van der Waals surface area contributed by atoms with E-state index in [0.29, 0.717) is 71.0 Å². The van der Waals surface area contributed by atoms with Gasteiger partial charge in [-0.1, -0.05) is 23.7 Å². The molecule has 11 rings (SSSR count). The molecule has 1 aliphatic carbocycles. The molecule has 5 fully saturated rings. The number of alkyl halides is 2. The first kappa shape index (κ1) is 39.3. The number of likely N-dealkylation sites (tertiary alicyclic amines) is 1. The maximum absolute atomic E-state index is 15.2. The van der Waals surface area contributed by atoms with Crippen LogP contribution in [-0.4, -0.2) is 104 Å². The van der Waals surface area contributed by atoms with Crippen LogP contribution in [0.4, 0.5) is 37.6 Å². The summed E-state index contributed by atoms with van der Waals surface area (Å²) in [6, 6.07) is 11.2. The third kappa shape index (κ3) is 6.69. The Morgan fingerprint density at radius 2 is 1.82 bits per heavy atom. The number of hydrogen-bond donors (Lipinski definition) is 3. The quantitative estimate of drug-likeness (QED) is 0.168. The number of halogens is 3. The Morgan fingerprint density at radius 1 is 1.00 bits per heavy atom. The first-order valence-corrected chi connectivity index (χ1v) is 22.1. The van der Waals surface area contributed by atoms with Crippen molar-refractivity contribution in [1.29, 1.82) is 0 Å². The lowest BCUT2D eigenvalue weighted by molar-refractivity contribution is -0.134. The van der Waals surface area contributed by atoms with E-state index in [1.54, 1.807) is 19.3 Å². The van der Waals surface area contributed by atoms with Crippen molar-refractivity contribution in [2.24, 2.45) is 25.9 Å². The summed E-state index contributed by atoms with van der Waals surface area (Å²) in [5.74, 6) is -2.75. The Kier molecular flexibility index (Phi) is 9.37. The number of carbonyl (C=O) groups excluding carboxylic acids is 2. The van der Waals surface area contributed by atoms with Gasteiger partial charge in [0.15, 0.2) is 12.4 Å². The van der Waals surface area contributed by atoms with Crippen LogP contribution >= 0.6 is 11.6 Å². The van der Waals surface area contributed by atoms with Gasteiger partial charge in [-0.3, -0.25) is 29.3 Å². The number of ether oxygens (including phenoxy) is 1. The number of carbonyl (C=O) groups is 2. The minimum absolute atomic E-state index is 0.104. The highest BCUT2D eigenvalue weighted by Gasteiger charge is 2.51. The zero-order valence-electron chi connectivity index (χ0n) is 34.5. The average molecular weight is 868 g/mol. The van der Waals surface area contributed by atoms with Crippen molar-refractivity contribution in [3.63, 3.8) is 0 Å². The van der Waals surface area contributed by atoms with Crippen molar-refractivity contribution >= 4 is 74.0 Å². The maximum Gasteiger partial charge on any atom is 0.301 e. The van der Waals surface area contributed by atoms with Crippen LogP contribution in [-0.2, 0) is 23.7 Å². The fourth-order valence-corrected chi connectivity index (χ4v) is 10.9. The molecule has 5 aliphatic heterocycles. The molecule has 0 spiro atoms. The van der Waals surface area contributed by atoms with Crippen molar-refractivity contribution in [2.75, 3.05) is 59.8 Å². The highest BCUT2D eigenvalue weighted by molar-refractivity contribution is 6.33. The Hall–Kier alpha value is -5.55. The Morgan fingerprint density at radius 3 is 2.58 bits per heavy atom. The second-order valence-corrected chi connectivity index (χ2v) is 18.5. The van der Waals surface area contributed by atoms with Gasteiger partial charge in [-0.15, -0.1) is 0 Å². The molecule has 2 bridgehead atoms. The van der Waals surface area contributed by atoms with E-state index in [4.69, 9.17) is 26.4 Å². The fraction of sp³-hybridized carbons (Fsp3) is 0.500. The Labute approximate surface area is 360 Å². The second kappa shape index (κ2) is 14.8. The van der Waals surface area contributed by atoms with Gasteiger partial charge in [-0.25, -0.2) is 13.8 Å². The summed E-state index contributed by atoms with van der Waals surface area (Å²) in [6.45, 7) is 3.81. The summed E-state index contributed by atoms with van der Waals surface area (Å²) in [7, 11) is 3.54. The molecule has 15 nitrogen and oxygen atoms in total. The molecule has 2 amide bonds. The number of aryl methyl sites for hydroxylation is 2. The molecule has 4 saturated heterocycles. The van der Waals surface area contributed by atoms with Crippen molar-refractivity contribution in [2.45, 2.75) is 74.9 Å². The van der Waals surface area contributed by atoms with Crippen LogP contribution < -0.4 is 36.0 Å². The minimum Gasteiger partial charge on any atom is -0.480 e. The molecule has 6 aliphatic rings. The Balaban J connectivity index is 0.749. The number of nitrogens with zero attached hydrogens (tertiary/aromatic N) is 8. The van der Waals surface area contributed by atoms with Gasteiger partial charge >= 0.3 is 5.92 Å². The number of piperazine rings is 1. The van der Waals surface area contributed by atoms with E-state index in [1.807, 2.05) is 36.0 Å². The van der Waals surface area contributed by atoms with Crippen LogP contribution in [0.3, 0.4) is 0 Å². The minimum atomic E-state index is -3.13. The number of piperidine rings is 2. The zero-order chi connectivity index (χ0) is 42.6. The number of benzene rings is 2. The number of hydrogen-bond acceptors (Lipinski definition) is 12. The molecule has 8 heterocycles. The molecular formula is C44H48ClF2N11O4. The maximum atomic E-state index is 15.2. The molecule has 1 saturated carbocycles. The van der Waals surface area contributed by atoms with Crippen LogP contribution in [0.15, 0.2) is 47.4 Å². The van der Waals surface area contributed by atoms with E-state index in [9.17, 15) is 14.4 Å². The summed E-state index contributed by atoms with van der Waals surface area (Å²) < 4.78 is 39.2. The number of para-hydroxylation sites is 1. The van der Waals surface area contributed by atoms with E-state index in [0.717, 1.165) is 74.3 Å². The first-order chi connectivity index (χ1) is 29.9. The van der Waals surface area contributed by atoms with Gasteiger partial charge in [0.1, 0.15) is 5.02 Å². The van der Waals surface area contributed by atoms with Crippen molar-refractivity contribution < 1.29 is 23.1 Å². The van der Waals surface area contributed by atoms with Gasteiger partial charge in [-0.2, -0.15) is 10.1 Å². The SMILES string of the molecule is Cn1nc(C2CCC(=O)NC2=O)c2cccc(N3CCC(CN4C[C@H]5C[C@@H]4CN5c4ncc(Cl)c(Nc5ccc6c(c5)c5c(c(=O)n6C)OCC(F)(F)C(C6CC6)N5)n4)CC3)c21. The van der Waals surface area contributed by atoms with Crippen LogP contribution in [0.5, 0.6) is 5.75 Å². The molecule has 62 heavy (non-hydrogen) atoms. The number of imide groups is 1. The highest BCUT2D eigenvalue weighted by atomic mass is 35.5. The number of nitrogens with one attached hydrogen (secondary N) is 3. The first-order valence-electron chi connectivity index (χ1n) is 21.7. The van der Waals surface area contributed by atoms with Crippen LogP contribution in [0, 0.1) is 11.8 Å². The molecule has 324 valence electrons. The summed E-state index contributed by atoms with van der Waals surface area (Å²) in [6.07, 6.45) is 6.99. The Bertz CT molecular complexity index is 2710. The van der Waals surface area contributed by atoms with E-state index in [1.165, 1.54) is 4.57 Å². The number of fused-ring (bicyclic) bond motifs is 6. The fourth-order valence-electron chi connectivity index (χ4n) is 10.7. The predicted molar refractivity (Wildman–Crippen MR) is 232 cm³/mol. The van der Waals surface area contributed by atoms with Crippen molar-refractivity contribution in [3.8, 4) is 5.75 Å². The summed E-state index contributed by atoms with van der Waals surface area (Å²) >= 11 is 6.68. The molecule has 3 aromatic heterocycles. The smallest absolute Gasteiger partial charge is 0.301 e. The molecule has 18 heteroatoms. The van der Waals surface area contributed by atoms with Crippen LogP contribution in [0.1, 0.15) is 56.6 Å². The van der Waals surface area contributed by atoms with E-state index in [2.05, 4.69) is 41.7 Å². The van der Waals surface area contributed by atoms with Crippen molar-refractivity contribution in [1.82, 2.24) is 34.5 Å². The van der Waals surface area contributed by atoms with E-state index in [-0.39, 0.29) is 35.2 Å². The van der Waals surface area contributed by atoms with Gasteiger partial charge < -0.3 is 29.7 Å². The lowest BCUT2D eigenvalue weighted by Crippen LogP contribution is -2.49. The van der Waals surface area contributed by atoms with E-state index >= 15 is 8.78 Å². The van der Waals surface area contributed by atoms with Gasteiger partial charge in [0, 0.05) is 81.8 Å². The number of pyridine rings is 1. The summed E-state index contributed by atoms with van der Waals surface area (Å²) in [5.41, 5.74) is 3.90. The van der Waals surface area contributed by atoms with Crippen LogP contribution in [0.25, 0.3) is 21.8 Å². The van der Waals surface area contributed by atoms with Crippen molar-refractivity contribution in [3.05, 3.63) is 63.7 Å². The largest absolute Gasteiger partial charge is 0.480 e. The molecule has 5 aromatic rings. The molecule has 2 aromatic carbocycles. The third-order valence-electron chi connectivity index (χ3n) is 14.1.